The van der Waals surface area contributed by atoms with E-state index in [2.05, 4.69) is 11.8 Å². The molecule has 1 aliphatic rings. The van der Waals surface area contributed by atoms with E-state index in [4.69, 9.17) is 5.73 Å². The molecule has 0 saturated carbocycles. The van der Waals surface area contributed by atoms with Crippen LogP contribution >= 0.6 is 12.4 Å². The van der Waals surface area contributed by atoms with Crippen LogP contribution in [0.15, 0.2) is 24.3 Å². The lowest BCUT2D eigenvalue weighted by molar-refractivity contribution is 0.158. The molecule has 1 fully saturated rings. The van der Waals surface area contributed by atoms with Crippen LogP contribution in [-0.4, -0.2) is 24.0 Å². The van der Waals surface area contributed by atoms with Gasteiger partial charge in [-0.25, -0.2) is 4.39 Å². The largest absolute Gasteiger partial charge is 0.327 e. The fraction of sp³-hybridized carbons (Fsp3) is 0.538. The molecule has 2 rings (SSSR count). The molecule has 2 N–H and O–H groups in total. The Balaban J connectivity index is 0.00000144. The number of likely N-dealkylation sites (tertiary alicyclic amines) is 1. The van der Waals surface area contributed by atoms with Crippen LogP contribution < -0.4 is 5.73 Å². The molecule has 1 aromatic carbocycles. The minimum atomic E-state index is -0.169. The van der Waals surface area contributed by atoms with Crippen LogP contribution in [0.5, 0.6) is 0 Å². The Labute approximate surface area is 108 Å². The van der Waals surface area contributed by atoms with Crippen molar-refractivity contribution in [1.29, 1.82) is 0 Å². The summed E-state index contributed by atoms with van der Waals surface area (Å²) in [4.78, 5) is 2.39. The van der Waals surface area contributed by atoms with Crippen molar-refractivity contribution in [3.63, 3.8) is 0 Å². The van der Waals surface area contributed by atoms with Crippen molar-refractivity contribution >= 4 is 12.4 Å². The Hall–Kier alpha value is -0.640. The van der Waals surface area contributed by atoms with Gasteiger partial charge in [-0.15, -0.1) is 12.4 Å². The van der Waals surface area contributed by atoms with Crippen molar-refractivity contribution in [3.05, 3.63) is 35.6 Å². The zero-order valence-corrected chi connectivity index (χ0v) is 10.9. The fourth-order valence-corrected chi connectivity index (χ4v) is 2.24. The number of nitrogens with zero attached hydrogens (tertiary/aromatic N) is 1. The average molecular weight is 259 g/mol. The van der Waals surface area contributed by atoms with E-state index in [-0.39, 0.29) is 18.2 Å². The van der Waals surface area contributed by atoms with Crippen LogP contribution in [0.3, 0.4) is 0 Å². The second-order valence-corrected chi connectivity index (χ2v) is 4.79. The van der Waals surface area contributed by atoms with E-state index >= 15 is 0 Å². The number of nitrogens with two attached hydrogens (primary N) is 1. The van der Waals surface area contributed by atoms with Gasteiger partial charge in [0, 0.05) is 19.1 Å². The van der Waals surface area contributed by atoms with Crippen LogP contribution in [-0.2, 0) is 6.54 Å². The topological polar surface area (TPSA) is 29.3 Å². The van der Waals surface area contributed by atoms with Crippen LogP contribution in [0.1, 0.15) is 18.9 Å². The molecule has 0 amide bonds. The molecular weight excluding hydrogens is 239 g/mol. The molecule has 4 heteroatoms. The molecule has 96 valence electrons. The van der Waals surface area contributed by atoms with E-state index < -0.39 is 0 Å². The first kappa shape index (κ1) is 14.4. The summed E-state index contributed by atoms with van der Waals surface area (Å²) in [5.74, 6) is 0.381. The van der Waals surface area contributed by atoms with Gasteiger partial charge in [-0.1, -0.05) is 19.1 Å². The van der Waals surface area contributed by atoms with E-state index in [1.807, 2.05) is 12.1 Å². The summed E-state index contributed by atoms with van der Waals surface area (Å²) in [6.45, 7) is 5.18. The van der Waals surface area contributed by atoms with Crippen LogP contribution in [0.4, 0.5) is 4.39 Å². The molecule has 2 atom stereocenters. The Kier molecular flexibility index (Phi) is 5.37. The standard InChI is InChI=1S/C13H19FN2.ClH/c1-10-8-16(7-6-13(10)15)9-11-2-4-12(14)5-3-11;/h2-5,10,13H,6-9,15H2,1H3;1H. The minimum absolute atomic E-state index is 0. The molecule has 1 aliphatic heterocycles. The van der Waals surface area contributed by atoms with Crippen molar-refractivity contribution < 1.29 is 4.39 Å². The third kappa shape index (κ3) is 3.95. The lowest BCUT2D eigenvalue weighted by Gasteiger charge is -2.35. The number of hydrogen-bond donors (Lipinski definition) is 1. The van der Waals surface area contributed by atoms with Gasteiger partial charge in [0.15, 0.2) is 0 Å². The lowest BCUT2D eigenvalue weighted by Crippen LogP contribution is -2.45. The van der Waals surface area contributed by atoms with Gasteiger partial charge < -0.3 is 5.73 Å². The molecule has 0 spiro atoms. The van der Waals surface area contributed by atoms with Gasteiger partial charge in [-0.3, -0.25) is 4.90 Å². The summed E-state index contributed by atoms with van der Waals surface area (Å²) < 4.78 is 12.7. The molecule has 1 heterocycles. The second-order valence-electron chi connectivity index (χ2n) is 4.79. The highest BCUT2D eigenvalue weighted by atomic mass is 35.5. The highest BCUT2D eigenvalue weighted by Gasteiger charge is 2.22. The predicted molar refractivity (Wildman–Crippen MR) is 70.7 cm³/mol. The molecule has 0 aliphatic carbocycles. The molecule has 0 aromatic heterocycles. The van der Waals surface area contributed by atoms with Gasteiger partial charge >= 0.3 is 0 Å². The van der Waals surface area contributed by atoms with E-state index in [9.17, 15) is 4.39 Å². The summed E-state index contributed by atoms with van der Waals surface area (Å²) in [6, 6.07) is 7.09. The maximum Gasteiger partial charge on any atom is 0.123 e. The predicted octanol–water partition coefficient (Wildman–Crippen LogP) is 2.42. The number of piperidine rings is 1. The molecule has 0 radical (unpaired) electrons. The normalized spacial score (nSPS) is 25.4. The lowest BCUT2D eigenvalue weighted by atomic mass is 9.94. The van der Waals surface area contributed by atoms with Crippen LogP contribution in [0, 0.1) is 11.7 Å². The number of benzene rings is 1. The molecule has 2 nitrogen and oxygen atoms in total. The van der Waals surface area contributed by atoms with Gasteiger partial charge in [0.2, 0.25) is 0 Å². The fourth-order valence-electron chi connectivity index (χ4n) is 2.24. The Morgan fingerprint density at radius 2 is 2.00 bits per heavy atom. The molecule has 1 aromatic rings. The SMILES string of the molecule is CC1CN(Cc2ccc(F)cc2)CCC1N.Cl. The number of rotatable bonds is 2. The van der Waals surface area contributed by atoms with Crippen molar-refractivity contribution in [2.75, 3.05) is 13.1 Å². The molecule has 17 heavy (non-hydrogen) atoms. The molecule has 2 unspecified atom stereocenters. The number of hydrogen-bond acceptors (Lipinski definition) is 2. The summed E-state index contributed by atoms with van der Waals surface area (Å²) in [5, 5.41) is 0. The summed E-state index contributed by atoms with van der Waals surface area (Å²) in [7, 11) is 0. The maximum atomic E-state index is 12.7. The van der Waals surface area contributed by atoms with Crippen LogP contribution in [0.2, 0.25) is 0 Å². The summed E-state index contributed by atoms with van der Waals surface area (Å²) >= 11 is 0. The van der Waals surface area contributed by atoms with E-state index in [0.29, 0.717) is 12.0 Å². The maximum absolute atomic E-state index is 12.7. The van der Waals surface area contributed by atoms with Crippen molar-refractivity contribution in [1.82, 2.24) is 4.90 Å². The highest BCUT2D eigenvalue weighted by Crippen LogP contribution is 2.17. The third-order valence-electron chi connectivity index (χ3n) is 3.38. The van der Waals surface area contributed by atoms with Crippen molar-refractivity contribution in [2.24, 2.45) is 11.7 Å². The van der Waals surface area contributed by atoms with E-state index in [0.717, 1.165) is 26.1 Å². The first-order valence-electron chi connectivity index (χ1n) is 5.87. The van der Waals surface area contributed by atoms with E-state index in [1.54, 1.807) is 0 Å². The Morgan fingerprint density at radius 3 is 2.59 bits per heavy atom. The Bertz CT molecular complexity index is 342. The van der Waals surface area contributed by atoms with Gasteiger partial charge in [-0.2, -0.15) is 0 Å². The highest BCUT2D eigenvalue weighted by molar-refractivity contribution is 5.85. The zero-order valence-electron chi connectivity index (χ0n) is 10.1. The quantitative estimate of drug-likeness (QED) is 0.883. The summed E-state index contributed by atoms with van der Waals surface area (Å²) in [6.07, 6.45) is 1.06. The molecular formula is C13H20ClFN2. The molecule has 0 bridgehead atoms. The van der Waals surface area contributed by atoms with Crippen molar-refractivity contribution in [3.8, 4) is 0 Å². The smallest absolute Gasteiger partial charge is 0.123 e. The third-order valence-corrected chi connectivity index (χ3v) is 3.38. The van der Waals surface area contributed by atoms with Crippen molar-refractivity contribution in [2.45, 2.75) is 25.9 Å². The van der Waals surface area contributed by atoms with Gasteiger partial charge in [0.25, 0.3) is 0 Å². The summed E-state index contributed by atoms with van der Waals surface area (Å²) in [5.41, 5.74) is 7.15. The van der Waals surface area contributed by atoms with Crippen LogP contribution in [0.25, 0.3) is 0 Å². The first-order valence-corrected chi connectivity index (χ1v) is 5.87. The first-order chi connectivity index (χ1) is 7.65. The minimum Gasteiger partial charge on any atom is -0.327 e. The van der Waals surface area contributed by atoms with Gasteiger partial charge in [-0.05, 0) is 36.6 Å². The molecule has 1 saturated heterocycles. The monoisotopic (exact) mass is 258 g/mol. The van der Waals surface area contributed by atoms with Gasteiger partial charge in [0.05, 0.1) is 0 Å². The second kappa shape index (κ2) is 6.34. The van der Waals surface area contributed by atoms with E-state index in [1.165, 1.54) is 17.7 Å². The Morgan fingerprint density at radius 1 is 1.35 bits per heavy atom. The average Bonchev–Trinajstić information content (AvgIpc) is 2.27. The zero-order chi connectivity index (χ0) is 11.5. The van der Waals surface area contributed by atoms with Gasteiger partial charge in [0.1, 0.15) is 5.82 Å². The number of halogens is 2.